The Labute approximate surface area is 399 Å². The fourth-order valence-electron chi connectivity index (χ4n) is 8.57. The number of rotatable bonds is 52. The average Bonchev–Trinajstić information content (AvgIpc) is 3.25. The van der Waals surface area contributed by atoms with E-state index in [1.54, 1.807) is 6.08 Å². The Morgan fingerprint density at radius 1 is 0.516 bits per heavy atom. The molecule has 3 unspecified atom stereocenters. The summed E-state index contributed by atoms with van der Waals surface area (Å²) in [6.07, 6.45) is 57.3. The van der Waals surface area contributed by atoms with Gasteiger partial charge in [-0.2, -0.15) is 0 Å². The van der Waals surface area contributed by atoms with Crippen LogP contribution in [0.25, 0.3) is 0 Å². The van der Waals surface area contributed by atoms with Crippen LogP contribution in [0.1, 0.15) is 284 Å². The number of likely N-dealkylation sites (N-methyl/N-ethyl adjacent to an activating group) is 1. The summed E-state index contributed by atoms with van der Waals surface area (Å²) in [5, 5.41) is 13.9. The maximum Gasteiger partial charge on any atom is 0.472 e. The Hall–Kier alpha value is -0.760. The Balaban J connectivity index is 4.21. The molecule has 3 N–H and O–H groups in total. The summed E-state index contributed by atoms with van der Waals surface area (Å²) < 4.78 is 23.7. The number of hydrogen-bond acceptors (Lipinski definition) is 5. The quantitative estimate of drug-likeness (QED) is 0.0243. The summed E-state index contributed by atoms with van der Waals surface area (Å²) in [5.74, 6) is -0.170. The molecular weight excluding hydrogens is 816 g/mol. The first-order valence-electron chi connectivity index (χ1n) is 28.1. The van der Waals surface area contributed by atoms with Gasteiger partial charge in [-0.05, 0) is 19.3 Å². The van der Waals surface area contributed by atoms with Crippen LogP contribution in [0.5, 0.6) is 0 Å². The molecule has 9 heteroatoms. The molecule has 0 rings (SSSR count). The molecule has 1 amide bonds. The number of aliphatic hydroxyl groups excluding tert-OH is 1. The number of carbonyl (C=O) groups excluding carboxylic acids is 1. The van der Waals surface area contributed by atoms with Gasteiger partial charge < -0.3 is 19.8 Å². The summed E-state index contributed by atoms with van der Waals surface area (Å²) >= 11 is 0. The second-order valence-electron chi connectivity index (χ2n) is 20.7. The number of phosphoric ester groups is 1. The Bertz CT molecular complexity index is 1050. The maximum atomic E-state index is 13.0. The molecule has 0 saturated heterocycles. The number of amides is 1. The highest BCUT2D eigenvalue weighted by Gasteiger charge is 2.27. The predicted octanol–water partition coefficient (Wildman–Crippen LogP) is 16.7. The first-order chi connectivity index (χ1) is 31.0. The molecule has 0 aliphatic heterocycles. The summed E-state index contributed by atoms with van der Waals surface area (Å²) in [7, 11) is 1.59. The lowest BCUT2D eigenvalue weighted by atomic mass is 10.0. The zero-order valence-electron chi connectivity index (χ0n) is 43.6. The van der Waals surface area contributed by atoms with Crippen molar-refractivity contribution in [1.29, 1.82) is 0 Å². The Kier molecular flexibility index (Phi) is 46.8. The number of nitrogens with one attached hydrogen (secondary N) is 1. The molecule has 8 nitrogen and oxygen atoms in total. The summed E-state index contributed by atoms with van der Waals surface area (Å²) in [5.41, 5.74) is 0. The van der Waals surface area contributed by atoms with Crippen LogP contribution in [0.4, 0.5) is 0 Å². The molecule has 0 saturated carbocycles. The number of allylic oxidation sites excluding steroid dienone is 1. The number of carbonyl (C=O) groups is 1. The standard InChI is InChI=1S/C55H111N2O6P/c1-6-8-10-12-14-16-18-20-22-24-26-28-29-30-32-34-36-38-40-42-44-46-48-54(58)53(52-63-64(60,61)62-51-50-57(3,4)5)56-55(59)49-47-45-43-41-39-37-35-33-31-27-25-23-21-19-17-15-13-11-9-7-2/h46,48,53-54,58H,6-45,47,49-52H2,1-5H3,(H-,56,59,60,61)/p+1/b48-46+. The second-order valence-corrected chi connectivity index (χ2v) is 22.1. The van der Waals surface area contributed by atoms with E-state index in [-0.39, 0.29) is 19.1 Å². The monoisotopic (exact) mass is 928 g/mol. The summed E-state index contributed by atoms with van der Waals surface area (Å²) in [6, 6.07) is -0.841. The SMILES string of the molecule is CCCCCCCCCCCCCCCCCCCCCC/C=C/C(O)C(COP(=O)(O)OCC[N+](C)(C)C)NC(=O)CCCCCCCCCCCCCCCCCCCCCC. The second kappa shape index (κ2) is 47.3. The third-order valence-electron chi connectivity index (χ3n) is 13.0. The van der Waals surface area contributed by atoms with Crippen molar-refractivity contribution in [2.45, 2.75) is 296 Å². The highest BCUT2D eigenvalue weighted by atomic mass is 31.2. The third-order valence-corrected chi connectivity index (χ3v) is 14.0. The molecule has 382 valence electrons. The summed E-state index contributed by atoms with van der Waals surface area (Å²) in [6.45, 7) is 4.87. The fourth-order valence-corrected chi connectivity index (χ4v) is 9.31. The predicted molar refractivity (Wildman–Crippen MR) is 277 cm³/mol. The number of hydrogen-bond donors (Lipinski definition) is 3. The van der Waals surface area contributed by atoms with Crippen LogP contribution in [0.2, 0.25) is 0 Å². The molecule has 0 bridgehead atoms. The maximum absolute atomic E-state index is 13.0. The van der Waals surface area contributed by atoms with E-state index in [1.807, 2.05) is 27.2 Å². The van der Waals surface area contributed by atoms with Crippen LogP contribution in [0, 0.1) is 0 Å². The van der Waals surface area contributed by atoms with Crippen molar-refractivity contribution in [2.75, 3.05) is 40.9 Å². The normalized spacial score (nSPS) is 14.0. The lowest BCUT2D eigenvalue weighted by Gasteiger charge is -2.25. The van der Waals surface area contributed by atoms with E-state index in [4.69, 9.17) is 9.05 Å². The number of quaternary nitrogens is 1. The van der Waals surface area contributed by atoms with Crippen molar-refractivity contribution in [1.82, 2.24) is 5.32 Å². The van der Waals surface area contributed by atoms with E-state index in [0.29, 0.717) is 17.4 Å². The van der Waals surface area contributed by atoms with Gasteiger partial charge in [0, 0.05) is 6.42 Å². The Morgan fingerprint density at radius 2 is 0.828 bits per heavy atom. The smallest absolute Gasteiger partial charge is 0.387 e. The van der Waals surface area contributed by atoms with Crippen molar-refractivity contribution in [2.24, 2.45) is 0 Å². The van der Waals surface area contributed by atoms with Crippen LogP contribution in [-0.4, -0.2) is 73.4 Å². The van der Waals surface area contributed by atoms with Crippen molar-refractivity contribution in [3.8, 4) is 0 Å². The lowest BCUT2D eigenvalue weighted by molar-refractivity contribution is -0.870. The molecule has 0 aromatic carbocycles. The number of phosphoric acid groups is 1. The van der Waals surface area contributed by atoms with Crippen LogP contribution >= 0.6 is 7.82 Å². The van der Waals surface area contributed by atoms with Crippen molar-refractivity contribution < 1.29 is 32.9 Å². The van der Waals surface area contributed by atoms with Gasteiger partial charge in [0.1, 0.15) is 13.2 Å². The highest BCUT2D eigenvalue weighted by Crippen LogP contribution is 2.43. The van der Waals surface area contributed by atoms with Crippen molar-refractivity contribution in [3.63, 3.8) is 0 Å². The largest absolute Gasteiger partial charge is 0.472 e. The minimum Gasteiger partial charge on any atom is -0.387 e. The number of aliphatic hydroxyl groups is 1. The molecule has 0 radical (unpaired) electrons. The van der Waals surface area contributed by atoms with E-state index in [2.05, 4.69) is 19.2 Å². The van der Waals surface area contributed by atoms with Gasteiger partial charge in [0.2, 0.25) is 5.91 Å². The molecular formula is C55H112N2O6P+. The van der Waals surface area contributed by atoms with Gasteiger partial charge in [-0.25, -0.2) is 4.57 Å². The number of unbranched alkanes of at least 4 members (excludes halogenated alkanes) is 39. The van der Waals surface area contributed by atoms with Gasteiger partial charge in [-0.15, -0.1) is 0 Å². The topological polar surface area (TPSA) is 105 Å². The Morgan fingerprint density at radius 3 is 1.16 bits per heavy atom. The van der Waals surface area contributed by atoms with Crippen LogP contribution in [-0.2, 0) is 18.4 Å². The van der Waals surface area contributed by atoms with Gasteiger partial charge in [0.25, 0.3) is 0 Å². The third kappa shape index (κ3) is 49.2. The summed E-state index contributed by atoms with van der Waals surface area (Å²) in [4.78, 5) is 23.3. The van der Waals surface area contributed by atoms with Crippen LogP contribution < -0.4 is 5.32 Å². The van der Waals surface area contributed by atoms with Crippen molar-refractivity contribution in [3.05, 3.63) is 12.2 Å². The van der Waals surface area contributed by atoms with E-state index in [9.17, 15) is 19.4 Å². The first-order valence-corrected chi connectivity index (χ1v) is 29.6. The molecule has 0 heterocycles. The van der Waals surface area contributed by atoms with Gasteiger partial charge in [0.05, 0.1) is 39.9 Å². The van der Waals surface area contributed by atoms with Crippen LogP contribution in [0.15, 0.2) is 12.2 Å². The van der Waals surface area contributed by atoms with Crippen LogP contribution in [0.3, 0.4) is 0 Å². The molecule has 0 aromatic rings. The first kappa shape index (κ1) is 63.2. The van der Waals surface area contributed by atoms with Crippen molar-refractivity contribution >= 4 is 13.7 Å². The molecule has 0 spiro atoms. The van der Waals surface area contributed by atoms with E-state index < -0.39 is 20.0 Å². The van der Waals surface area contributed by atoms with E-state index in [1.165, 1.54) is 231 Å². The minimum absolute atomic E-state index is 0.0652. The molecule has 0 aromatic heterocycles. The zero-order valence-corrected chi connectivity index (χ0v) is 44.4. The molecule has 64 heavy (non-hydrogen) atoms. The molecule has 0 fully saturated rings. The minimum atomic E-state index is -4.34. The van der Waals surface area contributed by atoms with E-state index >= 15 is 0 Å². The average molecular weight is 928 g/mol. The zero-order chi connectivity index (χ0) is 47.1. The van der Waals surface area contributed by atoms with Gasteiger partial charge in [0.15, 0.2) is 0 Å². The lowest BCUT2D eigenvalue weighted by Crippen LogP contribution is -2.45. The van der Waals surface area contributed by atoms with Gasteiger partial charge in [-0.3, -0.25) is 13.8 Å². The number of nitrogens with zero attached hydrogens (tertiary/aromatic N) is 1. The van der Waals surface area contributed by atoms with E-state index in [0.717, 1.165) is 32.1 Å². The molecule has 0 aliphatic rings. The highest BCUT2D eigenvalue weighted by molar-refractivity contribution is 7.47. The van der Waals surface area contributed by atoms with Gasteiger partial charge in [-0.1, -0.05) is 270 Å². The molecule has 3 atom stereocenters. The molecule has 0 aliphatic carbocycles. The fraction of sp³-hybridized carbons (Fsp3) is 0.945. The van der Waals surface area contributed by atoms with Gasteiger partial charge >= 0.3 is 7.82 Å².